The number of carbonyl (C=O) groups excluding carboxylic acids is 2. The minimum Gasteiger partial charge on any atom is -0.355 e. The summed E-state index contributed by atoms with van der Waals surface area (Å²) < 4.78 is 0. The smallest absolute Gasteiger partial charge is 0.325 e. The molecule has 0 bridgehead atoms. The summed E-state index contributed by atoms with van der Waals surface area (Å²) in [5.74, 6) is -0.780. The number of fused-ring (bicyclic) bond motifs is 1. The van der Waals surface area contributed by atoms with E-state index in [2.05, 4.69) is 20.3 Å². The third kappa shape index (κ3) is 4.75. The highest BCUT2D eigenvalue weighted by Crippen LogP contribution is 2.28. The normalized spacial score (nSPS) is 15.1. The van der Waals surface area contributed by atoms with Crippen LogP contribution in [0, 0.1) is 0 Å². The summed E-state index contributed by atoms with van der Waals surface area (Å²) >= 11 is 0. The molecule has 0 aliphatic carbocycles. The van der Waals surface area contributed by atoms with Crippen LogP contribution in [-0.2, 0) is 17.8 Å². The van der Waals surface area contributed by atoms with Gasteiger partial charge in [0.25, 0.3) is 11.5 Å². The van der Waals surface area contributed by atoms with E-state index in [1.807, 2.05) is 24.3 Å². The van der Waals surface area contributed by atoms with E-state index < -0.39 is 11.2 Å². The maximum absolute atomic E-state index is 13.0. The van der Waals surface area contributed by atoms with Gasteiger partial charge in [0.05, 0.1) is 6.42 Å². The number of aromatic amines is 3. The van der Waals surface area contributed by atoms with E-state index in [1.54, 1.807) is 11.0 Å². The molecule has 10 heteroatoms. The molecule has 1 atom stereocenters. The summed E-state index contributed by atoms with van der Waals surface area (Å²) in [7, 11) is 0. The molecular formula is C22H21N5O5. The van der Waals surface area contributed by atoms with Crippen molar-refractivity contribution < 1.29 is 9.59 Å². The van der Waals surface area contributed by atoms with Crippen LogP contribution in [-0.4, -0.2) is 44.8 Å². The Balaban J connectivity index is 1.49. The highest BCUT2D eigenvalue weighted by atomic mass is 16.2. The fourth-order valence-corrected chi connectivity index (χ4v) is 3.89. The van der Waals surface area contributed by atoms with Gasteiger partial charge < -0.3 is 20.2 Å². The molecular weight excluding hydrogens is 414 g/mol. The molecule has 0 fully saturated rings. The number of hydrogen-bond acceptors (Lipinski definition) is 5. The Kier molecular flexibility index (Phi) is 5.84. The van der Waals surface area contributed by atoms with Gasteiger partial charge in [-0.05, 0) is 17.2 Å². The highest BCUT2D eigenvalue weighted by molar-refractivity contribution is 5.94. The average Bonchev–Trinajstić information content (AvgIpc) is 2.76. The molecule has 164 valence electrons. The number of amides is 2. The third-order valence-electron chi connectivity index (χ3n) is 5.32. The van der Waals surface area contributed by atoms with E-state index in [4.69, 9.17) is 0 Å². The molecule has 10 nitrogen and oxygen atoms in total. The number of pyridine rings is 1. The van der Waals surface area contributed by atoms with Gasteiger partial charge in [0.1, 0.15) is 0 Å². The Hall–Kier alpha value is -4.21. The number of nitrogens with zero attached hydrogens (tertiary/aromatic N) is 1. The van der Waals surface area contributed by atoms with Crippen molar-refractivity contribution >= 4 is 11.8 Å². The zero-order chi connectivity index (χ0) is 22.7. The van der Waals surface area contributed by atoms with Gasteiger partial charge in [-0.25, -0.2) is 4.79 Å². The molecule has 3 heterocycles. The largest absolute Gasteiger partial charge is 0.355 e. The van der Waals surface area contributed by atoms with Crippen LogP contribution in [0.4, 0.5) is 0 Å². The Morgan fingerprint density at radius 2 is 1.84 bits per heavy atom. The second kappa shape index (κ2) is 8.88. The maximum Gasteiger partial charge on any atom is 0.325 e. The van der Waals surface area contributed by atoms with Gasteiger partial charge in [0.2, 0.25) is 11.5 Å². The molecule has 1 unspecified atom stereocenters. The number of H-pyrrole nitrogens is 3. The first-order chi connectivity index (χ1) is 15.4. The van der Waals surface area contributed by atoms with E-state index >= 15 is 0 Å². The lowest BCUT2D eigenvalue weighted by molar-refractivity contribution is -0.120. The quantitative estimate of drug-likeness (QED) is 0.440. The summed E-state index contributed by atoms with van der Waals surface area (Å²) in [6, 6.07) is 11.7. The number of aromatic nitrogens is 3. The second-order valence-corrected chi connectivity index (χ2v) is 7.62. The molecule has 2 aromatic heterocycles. The first-order valence-electron chi connectivity index (χ1n) is 10.0. The number of hydrogen-bond donors (Lipinski definition) is 4. The minimum absolute atomic E-state index is 0.150. The first kappa shape index (κ1) is 21.0. The van der Waals surface area contributed by atoms with Crippen molar-refractivity contribution in [1.82, 2.24) is 25.2 Å². The predicted molar refractivity (Wildman–Crippen MR) is 115 cm³/mol. The van der Waals surface area contributed by atoms with Crippen molar-refractivity contribution in [3.05, 3.63) is 102 Å². The third-order valence-corrected chi connectivity index (χ3v) is 5.32. The van der Waals surface area contributed by atoms with Crippen molar-refractivity contribution in [3.8, 4) is 0 Å². The van der Waals surface area contributed by atoms with E-state index in [-0.39, 0.29) is 42.0 Å². The number of rotatable bonds is 5. The fourth-order valence-electron chi connectivity index (χ4n) is 3.89. The Bertz CT molecular complexity index is 1310. The van der Waals surface area contributed by atoms with E-state index in [9.17, 15) is 24.0 Å². The molecule has 4 N–H and O–H groups in total. The monoisotopic (exact) mass is 435 g/mol. The van der Waals surface area contributed by atoms with Crippen LogP contribution >= 0.6 is 0 Å². The van der Waals surface area contributed by atoms with Gasteiger partial charge in [0, 0.05) is 55.1 Å². The van der Waals surface area contributed by atoms with Crippen molar-refractivity contribution in [2.75, 3.05) is 13.1 Å². The van der Waals surface area contributed by atoms with Gasteiger partial charge >= 0.3 is 5.69 Å². The number of benzene rings is 1. The van der Waals surface area contributed by atoms with Crippen molar-refractivity contribution in [2.24, 2.45) is 0 Å². The molecule has 4 rings (SSSR count). The SMILES string of the molecule is O=C(Cc1cc(=O)[nH]c(=O)[nH]1)NCC1CN(C(=O)c2cc[nH]c(=O)c2)Cc2ccccc21. The van der Waals surface area contributed by atoms with Gasteiger partial charge in [-0.15, -0.1) is 0 Å². The Morgan fingerprint density at radius 1 is 1.03 bits per heavy atom. The lowest BCUT2D eigenvalue weighted by Crippen LogP contribution is -2.42. The molecule has 2 amide bonds. The van der Waals surface area contributed by atoms with Crippen LogP contribution in [0.15, 0.2) is 63.0 Å². The van der Waals surface area contributed by atoms with Crippen LogP contribution in [0.25, 0.3) is 0 Å². The van der Waals surface area contributed by atoms with Crippen LogP contribution in [0.2, 0.25) is 0 Å². The van der Waals surface area contributed by atoms with E-state index in [1.165, 1.54) is 18.3 Å². The Labute approximate surface area is 181 Å². The molecule has 0 saturated carbocycles. The molecule has 3 aromatic rings. The van der Waals surface area contributed by atoms with Gasteiger partial charge in [-0.3, -0.25) is 24.2 Å². The summed E-state index contributed by atoms with van der Waals surface area (Å²) in [6.45, 7) is 1.04. The molecule has 1 aromatic carbocycles. The summed E-state index contributed by atoms with van der Waals surface area (Å²) in [4.78, 5) is 68.4. The van der Waals surface area contributed by atoms with Gasteiger partial charge in [-0.2, -0.15) is 0 Å². The first-order valence-corrected chi connectivity index (χ1v) is 10.0. The Morgan fingerprint density at radius 3 is 2.62 bits per heavy atom. The van der Waals surface area contributed by atoms with Crippen molar-refractivity contribution in [1.29, 1.82) is 0 Å². The van der Waals surface area contributed by atoms with Crippen LogP contribution in [0.1, 0.15) is 33.1 Å². The molecule has 32 heavy (non-hydrogen) atoms. The van der Waals surface area contributed by atoms with E-state index in [0.717, 1.165) is 11.1 Å². The van der Waals surface area contributed by atoms with E-state index in [0.29, 0.717) is 18.7 Å². The maximum atomic E-state index is 13.0. The summed E-state index contributed by atoms with van der Waals surface area (Å²) in [6.07, 6.45) is 1.28. The molecule has 0 spiro atoms. The highest BCUT2D eigenvalue weighted by Gasteiger charge is 2.29. The zero-order valence-corrected chi connectivity index (χ0v) is 17.0. The predicted octanol–water partition coefficient (Wildman–Crippen LogP) is -0.150. The van der Waals surface area contributed by atoms with Gasteiger partial charge in [0.15, 0.2) is 0 Å². The molecule has 0 radical (unpaired) electrons. The lowest BCUT2D eigenvalue weighted by Gasteiger charge is -2.35. The second-order valence-electron chi connectivity index (χ2n) is 7.62. The number of carbonyl (C=O) groups is 2. The molecule has 1 aliphatic rings. The molecule has 1 aliphatic heterocycles. The number of nitrogens with one attached hydrogen (secondary N) is 4. The average molecular weight is 435 g/mol. The lowest BCUT2D eigenvalue weighted by atomic mass is 9.89. The van der Waals surface area contributed by atoms with Gasteiger partial charge in [-0.1, -0.05) is 24.3 Å². The summed E-state index contributed by atoms with van der Waals surface area (Å²) in [5.41, 5.74) is 0.917. The van der Waals surface area contributed by atoms with Crippen molar-refractivity contribution in [3.63, 3.8) is 0 Å². The standard InChI is InChI=1S/C22H21N5O5/c28-18-7-13(5-6-23-18)21(31)27-11-14-3-1-2-4-17(14)15(12-27)10-24-19(29)8-16-9-20(30)26-22(32)25-16/h1-7,9,15H,8,10-12H2,(H,23,28)(H,24,29)(H2,25,26,30,32). The topological polar surface area (TPSA) is 148 Å². The fraction of sp³-hybridized carbons (Fsp3) is 0.227. The summed E-state index contributed by atoms with van der Waals surface area (Å²) in [5, 5.41) is 2.82. The van der Waals surface area contributed by atoms with Crippen LogP contribution in [0.3, 0.4) is 0 Å². The van der Waals surface area contributed by atoms with Crippen LogP contribution < -0.4 is 22.1 Å². The zero-order valence-electron chi connectivity index (χ0n) is 17.0. The minimum atomic E-state index is -0.671. The molecule has 0 saturated heterocycles. The van der Waals surface area contributed by atoms with Crippen molar-refractivity contribution in [2.45, 2.75) is 18.9 Å². The van der Waals surface area contributed by atoms with Crippen LogP contribution in [0.5, 0.6) is 0 Å².